The first-order valence-electron chi connectivity index (χ1n) is 8.62. The van der Waals surface area contributed by atoms with E-state index in [0.29, 0.717) is 26.8 Å². The van der Waals surface area contributed by atoms with Crippen LogP contribution in [0, 0.1) is 13.8 Å². The Balaban J connectivity index is 1.84. The average molecular weight is 415 g/mol. The summed E-state index contributed by atoms with van der Waals surface area (Å²) in [5.41, 5.74) is 3.04. The molecule has 4 aromatic rings. The highest BCUT2D eigenvalue weighted by atomic mass is 35.5. The third-order valence-electron chi connectivity index (χ3n) is 4.58. The SMILES string of the molecule is Cc1cc2oc(-c3ccco3)c(OCc3ccc(Cl)c(Cl)c3)c(=O)c2cc1C. The van der Waals surface area contributed by atoms with Gasteiger partial charge in [0, 0.05) is 0 Å². The van der Waals surface area contributed by atoms with Gasteiger partial charge in [-0.2, -0.15) is 0 Å². The van der Waals surface area contributed by atoms with Crippen LogP contribution in [0.4, 0.5) is 0 Å². The summed E-state index contributed by atoms with van der Waals surface area (Å²) in [5.74, 6) is 0.768. The van der Waals surface area contributed by atoms with Gasteiger partial charge in [-0.05, 0) is 66.9 Å². The second-order valence-corrected chi connectivity index (χ2v) is 7.35. The molecule has 0 aliphatic heterocycles. The first-order chi connectivity index (χ1) is 13.4. The number of ether oxygens (including phenoxy) is 1. The van der Waals surface area contributed by atoms with Crippen molar-refractivity contribution in [1.82, 2.24) is 0 Å². The Bertz CT molecular complexity index is 1220. The summed E-state index contributed by atoms with van der Waals surface area (Å²) >= 11 is 12.0. The Kier molecular flexibility index (Phi) is 4.92. The van der Waals surface area contributed by atoms with E-state index < -0.39 is 0 Å². The molecular formula is C22H16Cl2O4. The molecule has 4 nitrogen and oxygen atoms in total. The zero-order valence-electron chi connectivity index (χ0n) is 15.2. The van der Waals surface area contributed by atoms with Gasteiger partial charge in [0.2, 0.25) is 16.9 Å². The van der Waals surface area contributed by atoms with Gasteiger partial charge in [0.05, 0.1) is 21.7 Å². The van der Waals surface area contributed by atoms with Crippen molar-refractivity contribution in [2.45, 2.75) is 20.5 Å². The van der Waals surface area contributed by atoms with E-state index in [1.807, 2.05) is 26.0 Å². The molecule has 0 saturated carbocycles. The average Bonchev–Trinajstić information content (AvgIpc) is 3.20. The molecule has 2 aromatic carbocycles. The number of benzene rings is 2. The van der Waals surface area contributed by atoms with Crippen molar-refractivity contribution in [3.63, 3.8) is 0 Å². The van der Waals surface area contributed by atoms with Crippen molar-refractivity contribution in [3.8, 4) is 17.3 Å². The fourth-order valence-electron chi connectivity index (χ4n) is 2.92. The zero-order valence-corrected chi connectivity index (χ0v) is 16.7. The molecule has 28 heavy (non-hydrogen) atoms. The second kappa shape index (κ2) is 7.38. The molecule has 6 heteroatoms. The van der Waals surface area contributed by atoms with Gasteiger partial charge in [0.25, 0.3) is 0 Å². The minimum absolute atomic E-state index is 0.0942. The molecule has 2 aromatic heterocycles. The van der Waals surface area contributed by atoms with Gasteiger partial charge in [0.15, 0.2) is 5.76 Å². The van der Waals surface area contributed by atoms with E-state index in [2.05, 4.69) is 0 Å². The van der Waals surface area contributed by atoms with E-state index in [-0.39, 0.29) is 23.5 Å². The summed E-state index contributed by atoms with van der Waals surface area (Å²) in [4.78, 5) is 13.2. The molecule has 0 spiro atoms. The molecule has 0 atom stereocenters. The highest BCUT2D eigenvalue weighted by Gasteiger charge is 2.20. The highest BCUT2D eigenvalue weighted by Crippen LogP contribution is 2.33. The van der Waals surface area contributed by atoms with Crippen molar-refractivity contribution in [3.05, 3.63) is 85.7 Å². The van der Waals surface area contributed by atoms with Gasteiger partial charge >= 0.3 is 0 Å². The van der Waals surface area contributed by atoms with Crippen LogP contribution in [0.1, 0.15) is 16.7 Å². The normalized spacial score (nSPS) is 11.1. The van der Waals surface area contributed by atoms with Crippen LogP contribution in [0.25, 0.3) is 22.5 Å². The van der Waals surface area contributed by atoms with Crippen LogP contribution < -0.4 is 10.2 Å². The maximum Gasteiger partial charge on any atom is 0.235 e. The van der Waals surface area contributed by atoms with Crippen LogP contribution in [-0.2, 0) is 6.61 Å². The molecule has 2 heterocycles. The molecule has 0 amide bonds. The largest absolute Gasteiger partial charge is 0.481 e. The van der Waals surface area contributed by atoms with Gasteiger partial charge in [0.1, 0.15) is 12.2 Å². The lowest BCUT2D eigenvalue weighted by molar-refractivity contribution is 0.296. The lowest BCUT2D eigenvalue weighted by Gasteiger charge is -2.12. The molecule has 0 bridgehead atoms. The number of furan rings is 1. The Labute approximate surface area is 171 Å². The van der Waals surface area contributed by atoms with E-state index in [0.717, 1.165) is 16.7 Å². The van der Waals surface area contributed by atoms with E-state index in [1.165, 1.54) is 6.26 Å². The van der Waals surface area contributed by atoms with E-state index in [1.54, 1.807) is 30.3 Å². The van der Waals surface area contributed by atoms with Crippen LogP contribution >= 0.6 is 23.2 Å². The predicted octanol–water partition coefficient (Wildman–Crippen LogP) is 6.56. The third-order valence-corrected chi connectivity index (χ3v) is 5.32. The number of rotatable bonds is 4. The van der Waals surface area contributed by atoms with E-state index in [4.69, 9.17) is 36.8 Å². The molecule has 0 N–H and O–H groups in total. The standard InChI is InChI=1S/C22H16Cl2O4/c1-12-8-15-19(9-13(12)2)28-21(18-4-3-7-26-18)22(20(15)25)27-11-14-5-6-16(23)17(24)10-14/h3-10H,11H2,1-2H3. The smallest absolute Gasteiger partial charge is 0.235 e. The lowest BCUT2D eigenvalue weighted by Crippen LogP contribution is -2.10. The van der Waals surface area contributed by atoms with E-state index >= 15 is 0 Å². The molecule has 0 fully saturated rings. The molecule has 4 rings (SSSR count). The molecule has 0 aliphatic carbocycles. The fraction of sp³-hybridized carbons (Fsp3) is 0.136. The van der Waals surface area contributed by atoms with Crippen LogP contribution in [0.2, 0.25) is 10.0 Å². The summed E-state index contributed by atoms with van der Waals surface area (Å²) in [6, 6.07) is 12.3. The van der Waals surface area contributed by atoms with Crippen molar-refractivity contribution in [2.24, 2.45) is 0 Å². The van der Waals surface area contributed by atoms with Crippen molar-refractivity contribution in [2.75, 3.05) is 0 Å². The van der Waals surface area contributed by atoms with Crippen LogP contribution in [0.3, 0.4) is 0 Å². The van der Waals surface area contributed by atoms with E-state index in [9.17, 15) is 4.79 Å². The minimum atomic E-state index is -0.254. The number of halogens is 2. The first kappa shape index (κ1) is 18.7. The summed E-state index contributed by atoms with van der Waals surface area (Å²) in [5, 5.41) is 1.34. The van der Waals surface area contributed by atoms with Crippen molar-refractivity contribution < 1.29 is 13.6 Å². The van der Waals surface area contributed by atoms with Crippen LogP contribution in [-0.4, -0.2) is 0 Å². The Morgan fingerprint density at radius 2 is 1.79 bits per heavy atom. The van der Waals surface area contributed by atoms with Gasteiger partial charge < -0.3 is 13.6 Å². The highest BCUT2D eigenvalue weighted by molar-refractivity contribution is 6.42. The van der Waals surface area contributed by atoms with Gasteiger partial charge in [-0.3, -0.25) is 4.79 Å². The summed E-state index contributed by atoms with van der Waals surface area (Å²) in [6.45, 7) is 4.05. The number of aryl methyl sites for hydroxylation is 2. The molecule has 0 unspecified atom stereocenters. The topological polar surface area (TPSA) is 52.6 Å². The molecular weight excluding hydrogens is 399 g/mol. The summed E-state index contributed by atoms with van der Waals surface area (Å²) < 4.78 is 17.4. The molecule has 0 saturated heterocycles. The maximum absolute atomic E-state index is 13.2. The Hall–Kier alpha value is -2.69. The fourth-order valence-corrected chi connectivity index (χ4v) is 3.24. The number of fused-ring (bicyclic) bond motifs is 1. The Morgan fingerprint density at radius 3 is 2.50 bits per heavy atom. The number of hydrogen-bond donors (Lipinski definition) is 0. The lowest BCUT2D eigenvalue weighted by atomic mass is 10.1. The van der Waals surface area contributed by atoms with Gasteiger partial charge in [-0.1, -0.05) is 29.3 Å². The predicted molar refractivity (Wildman–Crippen MR) is 110 cm³/mol. The minimum Gasteiger partial charge on any atom is -0.481 e. The summed E-state index contributed by atoms with van der Waals surface area (Å²) in [7, 11) is 0. The van der Waals surface area contributed by atoms with Crippen LogP contribution in [0.5, 0.6) is 5.75 Å². The first-order valence-corrected chi connectivity index (χ1v) is 9.38. The van der Waals surface area contributed by atoms with Crippen molar-refractivity contribution in [1.29, 1.82) is 0 Å². The van der Waals surface area contributed by atoms with Crippen LogP contribution in [0.15, 0.2) is 62.4 Å². The molecule has 142 valence electrons. The quantitative estimate of drug-likeness (QED) is 0.379. The second-order valence-electron chi connectivity index (χ2n) is 6.54. The zero-order chi connectivity index (χ0) is 19.8. The van der Waals surface area contributed by atoms with Gasteiger partial charge in [-0.15, -0.1) is 0 Å². The Morgan fingerprint density at radius 1 is 1.00 bits per heavy atom. The number of hydrogen-bond acceptors (Lipinski definition) is 4. The molecule has 0 aliphatic rings. The monoisotopic (exact) mass is 414 g/mol. The van der Waals surface area contributed by atoms with Crippen molar-refractivity contribution >= 4 is 34.2 Å². The molecule has 0 radical (unpaired) electrons. The maximum atomic E-state index is 13.2. The third kappa shape index (κ3) is 3.41. The summed E-state index contributed by atoms with van der Waals surface area (Å²) in [6.07, 6.45) is 1.52. The van der Waals surface area contributed by atoms with Gasteiger partial charge in [-0.25, -0.2) is 0 Å².